The molecule has 1 amide bonds. The lowest BCUT2D eigenvalue weighted by molar-refractivity contribution is -0.154. The van der Waals surface area contributed by atoms with Crippen LogP contribution < -0.4 is 5.32 Å². The van der Waals surface area contributed by atoms with Gasteiger partial charge in [-0.05, 0) is 32.6 Å². The van der Waals surface area contributed by atoms with Gasteiger partial charge >= 0.3 is 5.97 Å². The minimum Gasteiger partial charge on any atom is -0.480 e. The van der Waals surface area contributed by atoms with Gasteiger partial charge in [0.25, 0.3) is 0 Å². The Labute approximate surface area is 95.7 Å². The maximum absolute atomic E-state index is 11.9. The first kappa shape index (κ1) is 12.7. The average Bonchev–Trinajstić information content (AvgIpc) is 3.00. The average molecular weight is 225 g/mol. The number of carbonyl (C=O) groups is 2. The van der Waals surface area contributed by atoms with Gasteiger partial charge in [0.2, 0.25) is 5.91 Å². The number of nitrogens with one attached hydrogen (secondary N) is 1. The van der Waals surface area contributed by atoms with Crippen molar-refractivity contribution in [3.8, 4) is 0 Å². The van der Waals surface area contributed by atoms with E-state index in [0.29, 0.717) is 6.42 Å². The Hall–Kier alpha value is -1.32. The second kappa shape index (κ2) is 4.68. The van der Waals surface area contributed by atoms with Crippen LogP contribution in [0.1, 0.15) is 39.5 Å². The van der Waals surface area contributed by atoms with Crippen molar-refractivity contribution in [2.75, 3.05) is 0 Å². The Morgan fingerprint density at radius 1 is 1.50 bits per heavy atom. The van der Waals surface area contributed by atoms with Crippen LogP contribution in [-0.2, 0) is 9.59 Å². The van der Waals surface area contributed by atoms with E-state index in [1.807, 2.05) is 6.92 Å². The second-order valence-electron chi connectivity index (χ2n) is 4.67. The number of aliphatic carboxylic acids is 1. The van der Waals surface area contributed by atoms with Crippen LogP contribution in [-0.4, -0.2) is 23.0 Å². The maximum Gasteiger partial charge on any atom is 0.319 e. The third-order valence-corrected chi connectivity index (χ3v) is 2.99. The Morgan fingerprint density at radius 2 is 2.06 bits per heavy atom. The molecule has 1 saturated carbocycles. The number of hydrogen-bond donors (Lipinski definition) is 2. The number of amides is 1. The van der Waals surface area contributed by atoms with Crippen LogP contribution in [0.15, 0.2) is 12.2 Å². The van der Waals surface area contributed by atoms with Gasteiger partial charge in [0.1, 0.15) is 5.41 Å². The molecule has 1 rings (SSSR count). The first-order chi connectivity index (χ1) is 7.40. The molecule has 0 bridgehead atoms. The molecule has 0 aliphatic heterocycles. The molecule has 1 atom stereocenters. The van der Waals surface area contributed by atoms with Crippen molar-refractivity contribution in [2.24, 2.45) is 5.41 Å². The molecule has 0 spiro atoms. The Balaban J connectivity index is 2.72. The van der Waals surface area contributed by atoms with Crippen LogP contribution in [0.25, 0.3) is 0 Å². The second-order valence-corrected chi connectivity index (χ2v) is 4.67. The van der Waals surface area contributed by atoms with E-state index in [2.05, 4.69) is 11.9 Å². The topological polar surface area (TPSA) is 66.4 Å². The van der Waals surface area contributed by atoms with Gasteiger partial charge in [0.05, 0.1) is 0 Å². The fourth-order valence-electron chi connectivity index (χ4n) is 1.45. The van der Waals surface area contributed by atoms with E-state index in [4.69, 9.17) is 0 Å². The summed E-state index contributed by atoms with van der Waals surface area (Å²) in [5.41, 5.74) is -0.591. The van der Waals surface area contributed by atoms with Crippen molar-refractivity contribution in [3.63, 3.8) is 0 Å². The summed E-state index contributed by atoms with van der Waals surface area (Å²) in [7, 11) is 0. The van der Waals surface area contributed by atoms with Crippen molar-refractivity contribution in [1.82, 2.24) is 5.32 Å². The van der Waals surface area contributed by atoms with E-state index in [9.17, 15) is 14.7 Å². The number of carboxylic acids is 1. The van der Waals surface area contributed by atoms with Crippen LogP contribution in [0.3, 0.4) is 0 Å². The third-order valence-electron chi connectivity index (χ3n) is 2.99. The summed E-state index contributed by atoms with van der Waals surface area (Å²) in [5, 5.41) is 11.9. The zero-order valence-corrected chi connectivity index (χ0v) is 9.88. The van der Waals surface area contributed by atoms with E-state index in [1.54, 1.807) is 0 Å². The lowest BCUT2D eigenvalue weighted by Gasteiger charge is -2.24. The molecule has 0 saturated heterocycles. The van der Waals surface area contributed by atoms with E-state index in [1.165, 1.54) is 6.92 Å². The monoisotopic (exact) mass is 225 g/mol. The van der Waals surface area contributed by atoms with E-state index >= 15 is 0 Å². The lowest BCUT2D eigenvalue weighted by Crippen LogP contribution is -2.45. The van der Waals surface area contributed by atoms with Gasteiger partial charge < -0.3 is 10.4 Å². The van der Waals surface area contributed by atoms with Crippen LogP contribution in [0, 0.1) is 5.41 Å². The van der Waals surface area contributed by atoms with E-state index in [0.717, 1.165) is 18.4 Å². The van der Waals surface area contributed by atoms with Crippen molar-refractivity contribution in [3.05, 3.63) is 12.2 Å². The van der Waals surface area contributed by atoms with Gasteiger partial charge in [-0.1, -0.05) is 19.1 Å². The highest BCUT2D eigenvalue weighted by Crippen LogP contribution is 2.29. The van der Waals surface area contributed by atoms with Crippen molar-refractivity contribution < 1.29 is 14.7 Å². The number of carbonyl (C=O) groups excluding carboxylic acids is 1. The summed E-state index contributed by atoms with van der Waals surface area (Å²) in [6.45, 7) is 7.15. The number of rotatable bonds is 6. The summed E-state index contributed by atoms with van der Waals surface area (Å²) in [5.74, 6) is -1.47. The molecule has 1 fully saturated rings. The van der Waals surface area contributed by atoms with Crippen molar-refractivity contribution in [2.45, 2.75) is 45.6 Å². The summed E-state index contributed by atoms with van der Waals surface area (Å²) in [6.07, 6.45) is 2.81. The molecule has 0 aromatic rings. The van der Waals surface area contributed by atoms with Gasteiger partial charge in [-0.2, -0.15) is 0 Å². The molecule has 16 heavy (non-hydrogen) atoms. The molecule has 0 radical (unpaired) electrons. The van der Waals surface area contributed by atoms with Crippen molar-refractivity contribution >= 4 is 11.9 Å². The van der Waals surface area contributed by atoms with Crippen LogP contribution in [0.4, 0.5) is 0 Å². The number of hydrogen-bond acceptors (Lipinski definition) is 2. The third kappa shape index (κ3) is 2.84. The van der Waals surface area contributed by atoms with Crippen LogP contribution >= 0.6 is 0 Å². The van der Waals surface area contributed by atoms with Gasteiger partial charge in [0.15, 0.2) is 0 Å². The fraction of sp³-hybridized carbons (Fsp3) is 0.667. The summed E-state index contributed by atoms with van der Waals surface area (Å²) < 4.78 is 0. The van der Waals surface area contributed by atoms with E-state index in [-0.39, 0.29) is 12.5 Å². The van der Waals surface area contributed by atoms with Gasteiger partial charge in [-0.15, -0.1) is 0 Å². The minimum atomic E-state index is -1.38. The van der Waals surface area contributed by atoms with Crippen LogP contribution in [0.5, 0.6) is 0 Å². The highest BCUT2D eigenvalue weighted by molar-refractivity contribution is 6.02. The summed E-state index contributed by atoms with van der Waals surface area (Å²) in [4.78, 5) is 23.1. The molecule has 4 nitrogen and oxygen atoms in total. The summed E-state index contributed by atoms with van der Waals surface area (Å²) in [6, 6.07) is 0.182. The molecule has 0 heterocycles. The maximum atomic E-state index is 11.9. The zero-order valence-electron chi connectivity index (χ0n) is 9.88. The van der Waals surface area contributed by atoms with Crippen molar-refractivity contribution in [1.29, 1.82) is 0 Å². The molecule has 0 aromatic heterocycles. The molecular weight excluding hydrogens is 206 g/mol. The smallest absolute Gasteiger partial charge is 0.319 e. The normalized spacial score (nSPS) is 18.6. The zero-order chi connectivity index (χ0) is 12.3. The first-order valence-electron chi connectivity index (χ1n) is 5.61. The summed E-state index contributed by atoms with van der Waals surface area (Å²) >= 11 is 0. The highest BCUT2D eigenvalue weighted by atomic mass is 16.4. The molecule has 1 aliphatic carbocycles. The Morgan fingerprint density at radius 3 is 2.44 bits per heavy atom. The predicted molar refractivity (Wildman–Crippen MR) is 61.0 cm³/mol. The van der Waals surface area contributed by atoms with Crippen LogP contribution in [0.2, 0.25) is 0 Å². The largest absolute Gasteiger partial charge is 0.480 e. The predicted octanol–water partition coefficient (Wildman–Crippen LogP) is 1.71. The minimum absolute atomic E-state index is 0.182. The molecule has 2 N–H and O–H groups in total. The molecule has 1 unspecified atom stereocenters. The standard InChI is InChI=1S/C12H19NO3/c1-4-8(2)7-12(3,11(15)16)10(14)13-9-5-6-9/h9H,2,4-7H2,1,3H3,(H,13,14)(H,15,16). The van der Waals surface area contributed by atoms with Gasteiger partial charge in [-0.3, -0.25) is 9.59 Å². The highest BCUT2D eigenvalue weighted by Gasteiger charge is 2.43. The Kier molecular flexibility index (Phi) is 3.73. The molecular formula is C12H19NO3. The van der Waals surface area contributed by atoms with E-state index < -0.39 is 17.3 Å². The quantitative estimate of drug-likeness (QED) is 0.534. The SMILES string of the molecule is C=C(CC)CC(C)(C(=O)O)C(=O)NC1CC1. The first-order valence-corrected chi connectivity index (χ1v) is 5.61. The molecule has 1 aliphatic rings. The molecule has 90 valence electrons. The Bertz CT molecular complexity index is 320. The molecule has 4 heteroatoms. The molecule has 0 aromatic carbocycles. The number of carboxylic acid groups (broad SMARTS) is 1. The van der Waals surface area contributed by atoms with Gasteiger partial charge in [0, 0.05) is 6.04 Å². The fourth-order valence-corrected chi connectivity index (χ4v) is 1.45. The number of allylic oxidation sites excluding steroid dienone is 1. The lowest BCUT2D eigenvalue weighted by atomic mass is 9.82. The van der Waals surface area contributed by atoms with Gasteiger partial charge in [-0.25, -0.2) is 0 Å².